The van der Waals surface area contributed by atoms with Crippen LogP contribution in [0.25, 0.3) is 0 Å². The molecule has 2 aliphatic rings. The van der Waals surface area contributed by atoms with E-state index in [1.807, 2.05) is 6.08 Å². The largest absolute Gasteiger partial charge is 0.376 e. The summed E-state index contributed by atoms with van der Waals surface area (Å²) in [7, 11) is 0. The van der Waals surface area contributed by atoms with E-state index in [9.17, 15) is 0 Å². The summed E-state index contributed by atoms with van der Waals surface area (Å²) in [4.78, 5) is 0. The monoisotopic (exact) mass is 242 g/mol. The molecule has 0 aromatic carbocycles. The lowest BCUT2D eigenvalue weighted by Crippen LogP contribution is -2.09. The molecule has 0 aromatic rings. The second-order valence-electron chi connectivity index (χ2n) is 4.73. The smallest absolute Gasteiger partial charge is 0.0725 e. The Bertz CT molecular complexity index is 484. The van der Waals surface area contributed by atoms with Crippen molar-refractivity contribution in [1.82, 2.24) is 0 Å². The maximum absolute atomic E-state index is 5.61. The molecule has 0 saturated carbocycles. The second-order valence-corrected chi connectivity index (χ2v) is 4.73. The highest BCUT2D eigenvalue weighted by Crippen LogP contribution is 2.43. The number of hydrogen-bond acceptors (Lipinski definition) is 1. The zero-order valence-corrected chi connectivity index (χ0v) is 11.7. The summed E-state index contributed by atoms with van der Waals surface area (Å²) in [6.45, 7) is 12.1. The average Bonchev–Trinajstić information content (AvgIpc) is 2.69. The maximum Gasteiger partial charge on any atom is 0.0725 e. The maximum atomic E-state index is 5.61. The molecule has 0 spiro atoms. The average molecular weight is 242 g/mol. The van der Waals surface area contributed by atoms with E-state index < -0.39 is 0 Å². The van der Waals surface area contributed by atoms with E-state index >= 15 is 0 Å². The Morgan fingerprint density at radius 3 is 2.78 bits per heavy atom. The van der Waals surface area contributed by atoms with Crippen molar-refractivity contribution in [2.75, 3.05) is 13.2 Å². The molecule has 0 amide bonds. The third kappa shape index (κ3) is 2.04. The predicted octanol–water partition coefficient (Wildman–Crippen LogP) is 4.50. The lowest BCUT2D eigenvalue weighted by atomic mass is 9.94. The molecule has 0 saturated heterocycles. The van der Waals surface area contributed by atoms with E-state index in [0.717, 1.165) is 26.1 Å². The molecular weight excluding hydrogens is 220 g/mol. The molecule has 0 atom stereocenters. The summed E-state index contributed by atoms with van der Waals surface area (Å²) in [6, 6.07) is 0. The van der Waals surface area contributed by atoms with Crippen molar-refractivity contribution in [2.45, 2.75) is 33.6 Å². The van der Waals surface area contributed by atoms with Crippen molar-refractivity contribution in [3.63, 3.8) is 0 Å². The van der Waals surface area contributed by atoms with Crippen molar-refractivity contribution in [3.8, 4) is 0 Å². The molecule has 0 unspecified atom stereocenters. The van der Waals surface area contributed by atoms with Crippen LogP contribution in [0.5, 0.6) is 0 Å². The minimum absolute atomic E-state index is 0.756. The van der Waals surface area contributed by atoms with Crippen LogP contribution in [0.3, 0.4) is 0 Å². The van der Waals surface area contributed by atoms with Crippen LogP contribution in [-0.2, 0) is 4.74 Å². The molecule has 1 heterocycles. The molecule has 0 radical (unpaired) electrons. The Kier molecular flexibility index (Phi) is 4.03. The van der Waals surface area contributed by atoms with E-state index in [2.05, 4.69) is 39.5 Å². The fraction of sp³-hybridized carbons (Fsp3) is 0.412. The number of allylic oxidation sites excluding steroid dienone is 6. The molecule has 18 heavy (non-hydrogen) atoms. The Morgan fingerprint density at radius 2 is 2.17 bits per heavy atom. The van der Waals surface area contributed by atoms with Crippen LogP contribution in [0.1, 0.15) is 33.6 Å². The van der Waals surface area contributed by atoms with Gasteiger partial charge in [-0.05, 0) is 60.1 Å². The number of ether oxygens (including phenoxy) is 1. The fourth-order valence-electron chi connectivity index (χ4n) is 2.94. The summed E-state index contributed by atoms with van der Waals surface area (Å²) in [6.07, 6.45) is 8.53. The third-order valence-electron chi connectivity index (χ3n) is 3.75. The van der Waals surface area contributed by atoms with Crippen LogP contribution in [0, 0.1) is 0 Å². The third-order valence-corrected chi connectivity index (χ3v) is 3.75. The first-order chi connectivity index (χ1) is 8.74. The van der Waals surface area contributed by atoms with E-state index in [1.165, 1.54) is 33.4 Å². The van der Waals surface area contributed by atoms with E-state index in [4.69, 9.17) is 4.74 Å². The van der Waals surface area contributed by atoms with E-state index in [1.54, 1.807) is 0 Å². The van der Waals surface area contributed by atoms with Gasteiger partial charge in [-0.25, -0.2) is 0 Å². The first-order valence-corrected chi connectivity index (χ1v) is 6.75. The summed E-state index contributed by atoms with van der Waals surface area (Å²) in [5, 5.41) is 0. The Balaban J connectivity index is 2.52. The van der Waals surface area contributed by atoms with Gasteiger partial charge < -0.3 is 4.74 Å². The lowest BCUT2D eigenvalue weighted by Gasteiger charge is -2.16. The zero-order chi connectivity index (χ0) is 13.1. The van der Waals surface area contributed by atoms with E-state index in [-0.39, 0.29) is 0 Å². The molecule has 2 rings (SSSR count). The van der Waals surface area contributed by atoms with Crippen LogP contribution in [0.15, 0.2) is 58.2 Å². The zero-order valence-electron chi connectivity index (χ0n) is 11.7. The minimum Gasteiger partial charge on any atom is -0.376 e. The van der Waals surface area contributed by atoms with Crippen molar-refractivity contribution in [1.29, 1.82) is 0 Å². The van der Waals surface area contributed by atoms with Crippen molar-refractivity contribution >= 4 is 0 Å². The fourth-order valence-corrected chi connectivity index (χ4v) is 2.94. The summed E-state index contributed by atoms with van der Waals surface area (Å²) >= 11 is 0. The molecule has 0 N–H and O–H groups in total. The molecule has 1 aliphatic carbocycles. The number of hydrogen-bond donors (Lipinski definition) is 0. The van der Waals surface area contributed by atoms with Gasteiger partial charge >= 0.3 is 0 Å². The van der Waals surface area contributed by atoms with Gasteiger partial charge in [-0.1, -0.05) is 31.7 Å². The first-order valence-electron chi connectivity index (χ1n) is 6.75. The van der Waals surface area contributed by atoms with Crippen LogP contribution < -0.4 is 0 Å². The van der Waals surface area contributed by atoms with Gasteiger partial charge in [-0.15, -0.1) is 0 Å². The van der Waals surface area contributed by atoms with Crippen molar-refractivity contribution in [3.05, 3.63) is 58.2 Å². The van der Waals surface area contributed by atoms with Gasteiger partial charge in [0.2, 0.25) is 0 Å². The first kappa shape index (κ1) is 13.1. The Hall–Kier alpha value is -1.34. The van der Waals surface area contributed by atoms with Gasteiger partial charge in [0.1, 0.15) is 0 Å². The van der Waals surface area contributed by atoms with E-state index in [0.29, 0.717) is 0 Å². The molecule has 1 nitrogen and oxygen atoms in total. The highest BCUT2D eigenvalue weighted by atomic mass is 16.5. The second kappa shape index (κ2) is 5.53. The van der Waals surface area contributed by atoms with Crippen LogP contribution >= 0.6 is 0 Å². The molecule has 0 fully saturated rings. The van der Waals surface area contributed by atoms with Crippen LogP contribution in [-0.4, -0.2) is 13.2 Å². The van der Waals surface area contributed by atoms with Gasteiger partial charge in [-0.3, -0.25) is 0 Å². The van der Waals surface area contributed by atoms with Crippen molar-refractivity contribution < 1.29 is 4.74 Å². The van der Waals surface area contributed by atoms with Gasteiger partial charge in [0.15, 0.2) is 0 Å². The summed E-state index contributed by atoms with van der Waals surface area (Å²) in [5.41, 5.74) is 8.28. The standard InChI is InChI=1S/C17H22O/c1-5-8-13(6-2)17-12(4)15-9-10-18-11-16(15)14(17)7-3/h6-8H,2,5,9-11H2,1,3-4H3/b13-8-,14-7-. The highest BCUT2D eigenvalue weighted by molar-refractivity contribution is 5.71. The van der Waals surface area contributed by atoms with Crippen LogP contribution in [0.2, 0.25) is 0 Å². The highest BCUT2D eigenvalue weighted by Gasteiger charge is 2.28. The Morgan fingerprint density at radius 1 is 1.39 bits per heavy atom. The normalized spacial score (nSPS) is 22.8. The quantitative estimate of drug-likeness (QED) is 0.662. The Labute approximate surface area is 110 Å². The summed E-state index contributed by atoms with van der Waals surface area (Å²) in [5.74, 6) is 0. The minimum atomic E-state index is 0.756. The predicted molar refractivity (Wildman–Crippen MR) is 77.5 cm³/mol. The van der Waals surface area contributed by atoms with Crippen LogP contribution in [0.4, 0.5) is 0 Å². The molecule has 0 bridgehead atoms. The van der Waals surface area contributed by atoms with Crippen molar-refractivity contribution in [2.24, 2.45) is 0 Å². The molecule has 0 aromatic heterocycles. The molecule has 1 heteroatoms. The number of rotatable bonds is 3. The van der Waals surface area contributed by atoms with Gasteiger partial charge in [-0.2, -0.15) is 0 Å². The topological polar surface area (TPSA) is 9.23 Å². The molecular formula is C17H22O. The molecule has 1 aliphatic heterocycles. The lowest BCUT2D eigenvalue weighted by molar-refractivity contribution is 0.149. The summed E-state index contributed by atoms with van der Waals surface area (Å²) < 4.78 is 5.61. The SMILES string of the molecule is C=C/C(=C/CC)C1=C(C)C2=C(COCC2)/C1=C/C. The molecule has 96 valence electrons. The van der Waals surface area contributed by atoms with Gasteiger partial charge in [0.05, 0.1) is 13.2 Å². The van der Waals surface area contributed by atoms with Gasteiger partial charge in [0, 0.05) is 0 Å². The van der Waals surface area contributed by atoms with Gasteiger partial charge in [0.25, 0.3) is 0 Å².